The Morgan fingerprint density at radius 3 is 2.09 bits per heavy atom. The molecule has 1 aliphatic rings. The molecular weight excluding hydrogens is 456 g/mol. The second-order valence-corrected chi connectivity index (χ2v) is 7.96. The van der Waals surface area contributed by atoms with Gasteiger partial charge in [0.2, 0.25) is 0 Å². The van der Waals surface area contributed by atoms with Gasteiger partial charge in [0.05, 0.1) is 17.2 Å². The van der Waals surface area contributed by atoms with E-state index >= 15 is 0 Å². The highest BCUT2D eigenvalue weighted by molar-refractivity contribution is 5.85. The normalized spacial score (nSPS) is 17.5. The average molecular weight is 482 g/mol. The molecule has 1 aliphatic heterocycles. The lowest BCUT2D eigenvalue weighted by Crippen LogP contribution is -2.40. The minimum Gasteiger partial charge on any atom is -0.377 e. The van der Waals surface area contributed by atoms with Gasteiger partial charge in [0.1, 0.15) is 0 Å². The van der Waals surface area contributed by atoms with Crippen molar-refractivity contribution in [1.82, 2.24) is 5.32 Å². The van der Waals surface area contributed by atoms with E-state index in [-0.39, 0.29) is 35.9 Å². The molecule has 178 valence electrons. The lowest BCUT2D eigenvalue weighted by atomic mass is 9.69. The van der Waals surface area contributed by atoms with Crippen molar-refractivity contribution in [1.29, 1.82) is 0 Å². The summed E-state index contributed by atoms with van der Waals surface area (Å²) in [6.07, 6.45) is -8.25. The van der Waals surface area contributed by atoms with E-state index in [1.165, 1.54) is 7.11 Å². The first-order chi connectivity index (χ1) is 14.6. The number of hydrogen-bond donors (Lipinski definition) is 1. The van der Waals surface area contributed by atoms with Gasteiger partial charge in [-0.25, -0.2) is 0 Å². The minimum absolute atomic E-state index is 0. The lowest BCUT2D eigenvalue weighted by molar-refractivity contribution is -0.144. The van der Waals surface area contributed by atoms with Gasteiger partial charge in [-0.3, -0.25) is 0 Å². The number of methoxy groups -OCH3 is 1. The van der Waals surface area contributed by atoms with Gasteiger partial charge in [-0.05, 0) is 67.4 Å². The first-order valence-electron chi connectivity index (χ1n) is 10.1. The van der Waals surface area contributed by atoms with Gasteiger partial charge in [0.15, 0.2) is 0 Å². The van der Waals surface area contributed by atoms with E-state index < -0.39 is 29.6 Å². The van der Waals surface area contributed by atoms with Crippen LogP contribution in [-0.2, 0) is 22.5 Å². The molecule has 1 fully saturated rings. The highest BCUT2D eigenvalue weighted by atomic mass is 35.5. The van der Waals surface area contributed by atoms with E-state index in [2.05, 4.69) is 5.32 Å². The van der Waals surface area contributed by atoms with Crippen LogP contribution in [0.4, 0.5) is 26.3 Å². The Hall–Kier alpha value is -1.77. The molecule has 0 aliphatic carbocycles. The third kappa shape index (κ3) is 5.97. The molecule has 1 saturated heterocycles. The fourth-order valence-corrected chi connectivity index (χ4v) is 4.45. The first kappa shape index (κ1) is 26.5. The van der Waals surface area contributed by atoms with Crippen molar-refractivity contribution in [3.05, 3.63) is 70.8 Å². The van der Waals surface area contributed by atoms with Crippen molar-refractivity contribution in [2.75, 3.05) is 20.2 Å². The molecular formula is C23H26ClF6NO. The Morgan fingerprint density at radius 1 is 0.938 bits per heavy atom. The van der Waals surface area contributed by atoms with Crippen molar-refractivity contribution in [2.24, 2.45) is 0 Å². The van der Waals surface area contributed by atoms with Crippen molar-refractivity contribution >= 4 is 12.4 Å². The van der Waals surface area contributed by atoms with Crippen LogP contribution in [0.15, 0.2) is 48.5 Å². The quantitative estimate of drug-likeness (QED) is 0.451. The number of nitrogens with one attached hydrogen (secondary N) is 1. The molecule has 1 N–H and O–H groups in total. The van der Waals surface area contributed by atoms with Gasteiger partial charge < -0.3 is 10.1 Å². The number of piperidine rings is 1. The Bertz CT molecular complexity index is 863. The Kier molecular flexibility index (Phi) is 8.64. The molecule has 0 bridgehead atoms. The molecule has 32 heavy (non-hydrogen) atoms. The summed E-state index contributed by atoms with van der Waals surface area (Å²) in [5.74, 6) is 0. The van der Waals surface area contributed by atoms with Gasteiger partial charge in [-0.2, -0.15) is 26.3 Å². The predicted octanol–water partition coefficient (Wildman–Crippen LogP) is 6.94. The maximum atomic E-state index is 13.6. The summed E-state index contributed by atoms with van der Waals surface area (Å²) in [7, 11) is 1.29. The number of hydrogen-bond acceptors (Lipinski definition) is 2. The van der Waals surface area contributed by atoms with E-state index in [1.54, 1.807) is 0 Å². The molecule has 2 aromatic rings. The first-order valence-corrected chi connectivity index (χ1v) is 10.1. The van der Waals surface area contributed by atoms with Crippen molar-refractivity contribution < 1.29 is 31.1 Å². The molecule has 0 aromatic heterocycles. The Morgan fingerprint density at radius 2 is 1.56 bits per heavy atom. The molecule has 9 heteroatoms. The largest absolute Gasteiger partial charge is 0.416 e. The summed E-state index contributed by atoms with van der Waals surface area (Å²) in [6, 6.07) is 11.6. The molecule has 0 saturated carbocycles. The number of rotatable bonds is 6. The highest BCUT2D eigenvalue weighted by Crippen LogP contribution is 2.44. The summed E-state index contributed by atoms with van der Waals surface area (Å²) in [5, 5.41) is 3.31. The fourth-order valence-electron chi connectivity index (χ4n) is 4.45. The van der Waals surface area contributed by atoms with Crippen LogP contribution in [0.3, 0.4) is 0 Å². The van der Waals surface area contributed by atoms with E-state index in [1.807, 2.05) is 30.3 Å². The Balaban J connectivity index is 0.00000363. The van der Waals surface area contributed by atoms with Gasteiger partial charge in [-0.1, -0.05) is 36.4 Å². The summed E-state index contributed by atoms with van der Waals surface area (Å²) >= 11 is 0. The van der Waals surface area contributed by atoms with Crippen LogP contribution in [0.25, 0.3) is 0 Å². The number of halogens is 7. The van der Waals surface area contributed by atoms with Gasteiger partial charge in [0, 0.05) is 7.11 Å². The monoisotopic (exact) mass is 481 g/mol. The van der Waals surface area contributed by atoms with E-state index in [4.69, 9.17) is 4.74 Å². The van der Waals surface area contributed by atoms with Crippen LogP contribution in [0.1, 0.15) is 54.0 Å². The molecule has 2 aromatic carbocycles. The van der Waals surface area contributed by atoms with Crippen molar-refractivity contribution in [2.45, 2.75) is 49.6 Å². The maximum Gasteiger partial charge on any atom is 0.416 e. The summed E-state index contributed by atoms with van der Waals surface area (Å²) in [5.41, 5.74) is -1.98. The topological polar surface area (TPSA) is 21.3 Å². The van der Waals surface area contributed by atoms with Gasteiger partial charge >= 0.3 is 12.4 Å². The molecule has 0 amide bonds. The molecule has 0 radical (unpaired) electrons. The van der Waals surface area contributed by atoms with Crippen LogP contribution in [0.2, 0.25) is 0 Å². The van der Waals surface area contributed by atoms with Crippen LogP contribution in [0, 0.1) is 0 Å². The smallest absolute Gasteiger partial charge is 0.377 e. The lowest BCUT2D eigenvalue weighted by Gasteiger charge is -2.39. The number of ether oxygens (including phenoxy) is 1. The molecule has 2 nitrogen and oxygen atoms in total. The molecule has 1 unspecified atom stereocenters. The van der Waals surface area contributed by atoms with E-state index in [0.717, 1.165) is 37.6 Å². The zero-order valence-corrected chi connectivity index (χ0v) is 18.3. The van der Waals surface area contributed by atoms with Crippen LogP contribution in [-0.4, -0.2) is 20.2 Å². The Labute approximate surface area is 189 Å². The third-order valence-electron chi connectivity index (χ3n) is 6.15. The van der Waals surface area contributed by atoms with Crippen molar-refractivity contribution in [3.8, 4) is 0 Å². The molecule has 3 rings (SSSR count). The van der Waals surface area contributed by atoms with Crippen molar-refractivity contribution in [3.63, 3.8) is 0 Å². The second kappa shape index (κ2) is 10.4. The van der Waals surface area contributed by atoms with E-state index in [0.29, 0.717) is 12.5 Å². The summed E-state index contributed by atoms with van der Waals surface area (Å²) < 4.78 is 85.2. The SMILES string of the molecule is COC(CCC1(c2ccccc2)CCNCC1)c1ccc(C(F)(F)F)cc1C(F)(F)F.Cl. The molecule has 0 spiro atoms. The maximum absolute atomic E-state index is 13.6. The number of alkyl halides is 6. The fraction of sp³-hybridized carbons (Fsp3) is 0.478. The van der Waals surface area contributed by atoms with Crippen LogP contribution < -0.4 is 5.32 Å². The summed E-state index contributed by atoms with van der Waals surface area (Å²) in [6.45, 7) is 1.58. The predicted molar refractivity (Wildman–Crippen MR) is 113 cm³/mol. The third-order valence-corrected chi connectivity index (χ3v) is 6.15. The molecule has 1 atom stereocenters. The zero-order valence-electron chi connectivity index (χ0n) is 17.5. The minimum atomic E-state index is -4.92. The van der Waals surface area contributed by atoms with Gasteiger partial charge in [0.25, 0.3) is 0 Å². The molecule has 1 heterocycles. The van der Waals surface area contributed by atoms with E-state index in [9.17, 15) is 26.3 Å². The van der Waals surface area contributed by atoms with Crippen LogP contribution >= 0.6 is 12.4 Å². The standard InChI is InChI=1S/C23H25F6NO.ClH/c1-31-20(18-8-7-17(22(24,25)26)15-19(18)23(27,28)29)9-10-21(11-13-30-14-12-21)16-5-3-2-4-6-16;/h2-8,15,20,30H,9-14H2,1H3;1H. The number of benzene rings is 2. The summed E-state index contributed by atoms with van der Waals surface area (Å²) in [4.78, 5) is 0. The zero-order chi connectivity index (χ0) is 22.7. The highest BCUT2D eigenvalue weighted by Gasteiger charge is 2.40. The van der Waals surface area contributed by atoms with Crippen LogP contribution in [0.5, 0.6) is 0 Å². The second-order valence-electron chi connectivity index (χ2n) is 7.96. The average Bonchev–Trinajstić information content (AvgIpc) is 2.74. The van der Waals surface area contributed by atoms with Gasteiger partial charge in [-0.15, -0.1) is 12.4 Å².